The predicted octanol–water partition coefficient (Wildman–Crippen LogP) is 4.45. The fourth-order valence-electron chi connectivity index (χ4n) is 5.52. The van der Waals surface area contributed by atoms with Gasteiger partial charge >= 0.3 is 0 Å². The van der Waals surface area contributed by atoms with Crippen LogP contribution >= 0.6 is 0 Å². The Balaban J connectivity index is 1.21. The summed E-state index contributed by atoms with van der Waals surface area (Å²) < 4.78 is 3.76. The van der Waals surface area contributed by atoms with Crippen LogP contribution in [0.1, 0.15) is 25.6 Å². The maximum atomic E-state index is 6.32. The highest BCUT2D eigenvalue weighted by Gasteiger charge is 2.21. The quantitative estimate of drug-likeness (QED) is 0.238. The van der Waals surface area contributed by atoms with Crippen molar-refractivity contribution in [1.82, 2.24) is 54.4 Å². The van der Waals surface area contributed by atoms with Crippen LogP contribution in [0.25, 0.3) is 66.8 Å². The monoisotopic (exact) mass is 555 g/mol. The minimum Gasteiger partial charge on any atom is -0.383 e. The van der Waals surface area contributed by atoms with Crippen LogP contribution in [-0.4, -0.2) is 54.4 Å². The lowest BCUT2D eigenvalue weighted by molar-refractivity contribution is 0.552. The molecule has 6 N–H and O–H groups in total. The van der Waals surface area contributed by atoms with Crippen molar-refractivity contribution >= 4 is 55.6 Å². The van der Waals surface area contributed by atoms with Gasteiger partial charge in [-0.05, 0) is 56.3 Å². The van der Waals surface area contributed by atoms with Crippen molar-refractivity contribution in [3.8, 4) is 22.8 Å². The smallest absolute Gasteiger partial charge is 0.164 e. The van der Waals surface area contributed by atoms with E-state index in [1.165, 1.54) is 6.33 Å². The molecule has 8 heterocycles. The molecule has 8 aromatic rings. The molecule has 8 rings (SSSR count). The number of nitrogens with zero attached hydrogens (tertiary/aromatic N) is 9. The van der Waals surface area contributed by atoms with Gasteiger partial charge in [-0.25, -0.2) is 29.6 Å². The Kier molecular flexibility index (Phi) is 5.04. The first-order chi connectivity index (χ1) is 20.4. The van der Waals surface area contributed by atoms with Crippen molar-refractivity contribution in [2.24, 2.45) is 0 Å². The third-order valence-electron chi connectivity index (χ3n) is 7.45. The van der Waals surface area contributed by atoms with E-state index in [1.807, 2.05) is 47.1 Å². The van der Waals surface area contributed by atoms with Crippen LogP contribution in [-0.2, 0) is 6.54 Å². The molecule has 0 aliphatic heterocycles. The lowest BCUT2D eigenvalue weighted by atomic mass is 10.2. The summed E-state index contributed by atoms with van der Waals surface area (Å²) in [6.45, 7) is 4.55. The Morgan fingerprint density at radius 1 is 0.786 bits per heavy atom. The number of aromatic amines is 2. The number of anilines is 2. The van der Waals surface area contributed by atoms with E-state index in [1.54, 1.807) is 17.1 Å². The summed E-state index contributed by atoms with van der Waals surface area (Å²) in [5, 5.41) is 13.2. The van der Waals surface area contributed by atoms with Gasteiger partial charge in [-0.1, -0.05) is 0 Å². The van der Waals surface area contributed by atoms with Gasteiger partial charge in [-0.15, -0.1) is 0 Å². The van der Waals surface area contributed by atoms with Gasteiger partial charge in [0.2, 0.25) is 0 Å². The molecule has 0 saturated carbocycles. The lowest BCUT2D eigenvalue weighted by Gasteiger charge is -2.06. The van der Waals surface area contributed by atoms with Crippen molar-refractivity contribution in [1.29, 1.82) is 0 Å². The van der Waals surface area contributed by atoms with Crippen LogP contribution in [0.15, 0.2) is 61.2 Å². The molecule has 0 bridgehead atoms. The van der Waals surface area contributed by atoms with E-state index in [0.29, 0.717) is 34.9 Å². The van der Waals surface area contributed by atoms with Crippen LogP contribution in [0.3, 0.4) is 0 Å². The summed E-state index contributed by atoms with van der Waals surface area (Å²) in [4.78, 5) is 29.1. The van der Waals surface area contributed by atoms with Gasteiger partial charge in [0.05, 0.1) is 39.9 Å². The Labute approximate surface area is 237 Å². The lowest BCUT2D eigenvalue weighted by Crippen LogP contribution is -2.05. The van der Waals surface area contributed by atoms with Gasteiger partial charge in [-0.2, -0.15) is 10.2 Å². The number of nitrogens with two attached hydrogens (primary N) is 2. The van der Waals surface area contributed by atoms with Crippen LogP contribution in [0.5, 0.6) is 0 Å². The van der Waals surface area contributed by atoms with E-state index < -0.39 is 0 Å². The molecule has 0 amide bonds. The van der Waals surface area contributed by atoms with E-state index in [-0.39, 0.29) is 6.04 Å². The molecule has 42 heavy (non-hydrogen) atoms. The standard InChI is InChI=1S/C29H25N13/c1-14(2)42-20-7-9-32-25(30)21(20)23(40-42)18-11-16-5-6-17(36-28(16)38-18)12-41-29-22(26(31)34-13-35-29)24(39-41)19-10-15-4-3-8-33-27(15)37-19/h3-11,13-14H,12H2,1-2H3,(H2,30,32)(H,33,37)(H,36,38)(H2,31,34,35). The van der Waals surface area contributed by atoms with Crippen LogP contribution in [0, 0.1) is 0 Å². The third kappa shape index (κ3) is 3.60. The van der Waals surface area contributed by atoms with Crippen molar-refractivity contribution in [3.63, 3.8) is 0 Å². The van der Waals surface area contributed by atoms with E-state index in [2.05, 4.69) is 43.8 Å². The molecule has 0 aromatic carbocycles. The average Bonchev–Trinajstić information content (AvgIpc) is 3.75. The van der Waals surface area contributed by atoms with Gasteiger partial charge in [0, 0.05) is 29.2 Å². The second-order valence-corrected chi connectivity index (χ2v) is 10.5. The first-order valence-electron chi connectivity index (χ1n) is 13.5. The van der Waals surface area contributed by atoms with Gasteiger partial charge in [-0.3, -0.25) is 4.68 Å². The molecule has 13 heteroatoms. The largest absolute Gasteiger partial charge is 0.383 e. The van der Waals surface area contributed by atoms with Gasteiger partial charge in [0.15, 0.2) is 5.65 Å². The molecule has 0 atom stereocenters. The molecule has 0 aliphatic carbocycles. The highest BCUT2D eigenvalue weighted by atomic mass is 15.3. The first-order valence-corrected chi connectivity index (χ1v) is 13.5. The molecule has 0 unspecified atom stereocenters. The number of fused-ring (bicyclic) bond motifs is 4. The topological polar surface area (TPSA) is 184 Å². The second kappa shape index (κ2) is 8.83. The number of hydrogen-bond acceptors (Lipinski definition) is 9. The fraction of sp³-hybridized carbons (Fsp3) is 0.138. The minimum atomic E-state index is 0.157. The van der Waals surface area contributed by atoms with Gasteiger partial charge in [0.25, 0.3) is 0 Å². The summed E-state index contributed by atoms with van der Waals surface area (Å²) in [6.07, 6.45) is 4.90. The van der Waals surface area contributed by atoms with Gasteiger partial charge in [0.1, 0.15) is 40.6 Å². The maximum absolute atomic E-state index is 6.32. The molecule has 0 aliphatic rings. The summed E-state index contributed by atoms with van der Waals surface area (Å²) in [7, 11) is 0. The zero-order valence-corrected chi connectivity index (χ0v) is 22.7. The van der Waals surface area contributed by atoms with E-state index >= 15 is 0 Å². The van der Waals surface area contributed by atoms with Crippen LogP contribution in [0.2, 0.25) is 0 Å². The molecule has 8 aromatic heterocycles. The highest BCUT2D eigenvalue weighted by Crippen LogP contribution is 2.34. The Morgan fingerprint density at radius 2 is 1.55 bits per heavy atom. The highest BCUT2D eigenvalue weighted by molar-refractivity contribution is 6.01. The van der Waals surface area contributed by atoms with E-state index in [4.69, 9.17) is 26.6 Å². The van der Waals surface area contributed by atoms with E-state index in [9.17, 15) is 0 Å². The summed E-state index contributed by atoms with van der Waals surface area (Å²) in [6, 6.07) is 14.0. The molecule has 0 fully saturated rings. The van der Waals surface area contributed by atoms with Crippen LogP contribution in [0.4, 0.5) is 11.6 Å². The average molecular weight is 556 g/mol. The molecule has 0 saturated heterocycles. The van der Waals surface area contributed by atoms with Crippen molar-refractivity contribution in [2.45, 2.75) is 26.4 Å². The van der Waals surface area contributed by atoms with Gasteiger partial charge < -0.3 is 21.4 Å². The molecule has 0 spiro atoms. The number of H-pyrrole nitrogens is 2. The first kappa shape index (κ1) is 24.0. The molecular weight excluding hydrogens is 530 g/mol. The zero-order valence-electron chi connectivity index (χ0n) is 22.7. The number of hydrogen-bond donors (Lipinski definition) is 4. The summed E-state index contributed by atoms with van der Waals surface area (Å²) >= 11 is 0. The number of nitrogen functional groups attached to an aromatic ring is 2. The number of pyridine rings is 3. The summed E-state index contributed by atoms with van der Waals surface area (Å²) in [5.74, 6) is 0.794. The molecular formula is C29H25N13. The zero-order chi connectivity index (χ0) is 28.5. The molecule has 0 radical (unpaired) electrons. The second-order valence-electron chi connectivity index (χ2n) is 10.5. The van der Waals surface area contributed by atoms with Crippen molar-refractivity contribution in [3.05, 3.63) is 66.9 Å². The van der Waals surface area contributed by atoms with Crippen molar-refractivity contribution in [2.75, 3.05) is 11.5 Å². The fourth-order valence-corrected chi connectivity index (χ4v) is 5.52. The normalized spacial score (nSPS) is 12.1. The SMILES string of the molecule is CC(C)n1nc(-c2cc3ccc(Cn4nc(-c5cc6cccnc6[nH]5)c5c(N)ncnc54)nc3[nH]2)c2c(N)nccc21. The predicted molar refractivity (Wildman–Crippen MR) is 161 cm³/mol. The Morgan fingerprint density at radius 3 is 2.36 bits per heavy atom. The number of aromatic nitrogens is 11. The third-order valence-corrected chi connectivity index (χ3v) is 7.45. The number of rotatable bonds is 5. The molecule has 206 valence electrons. The minimum absolute atomic E-state index is 0.157. The van der Waals surface area contributed by atoms with Crippen molar-refractivity contribution < 1.29 is 0 Å². The Hall–Kier alpha value is -5.85. The maximum Gasteiger partial charge on any atom is 0.164 e. The summed E-state index contributed by atoms with van der Waals surface area (Å²) in [5.41, 5.74) is 19.5. The molecule has 13 nitrogen and oxygen atoms in total. The number of nitrogens with one attached hydrogen (secondary N) is 2. The van der Waals surface area contributed by atoms with E-state index in [0.717, 1.165) is 55.7 Å². The Bertz CT molecular complexity index is 2270. The van der Waals surface area contributed by atoms with Crippen LogP contribution < -0.4 is 11.5 Å².